The van der Waals surface area contributed by atoms with Gasteiger partial charge in [-0.15, -0.1) is 11.6 Å². The Balaban J connectivity index is 1.96. The van der Waals surface area contributed by atoms with Gasteiger partial charge in [-0.05, 0) is 41.3 Å². The number of fused-ring (bicyclic) bond motifs is 1. The number of anilines is 1. The molecule has 1 aliphatic heterocycles. The number of nitrogens with zero attached hydrogens (tertiary/aromatic N) is 1. The standard InChI is InChI=1S/C17H15ClFNO/c1-10-3-4-12(8-14(10)19)17(18)11-5-6-15-13(7-11)9-16(21)20(15)2/h3-8,17H,9H2,1-2H3. The molecule has 0 aromatic heterocycles. The third-order valence-electron chi connectivity index (χ3n) is 3.96. The molecule has 3 rings (SSSR count). The van der Waals surface area contributed by atoms with Crippen LogP contribution in [0.3, 0.4) is 0 Å². The second-order valence-electron chi connectivity index (χ2n) is 5.39. The Labute approximate surface area is 128 Å². The van der Waals surface area contributed by atoms with Gasteiger partial charge in [-0.2, -0.15) is 0 Å². The van der Waals surface area contributed by atoms with Crippen LogP contribution in [0.15, 0.2) is 36.4 Å². The van der Waals surface area contributed by atoms with E-state index in [1.165, 1.54) is 6.07 Å². The maximum absolute atomic E-state index is 13.7. The molecule has 0 bridgehead atoms. The molecule has 0 N–H and O–H groups in total. The van der Waals surface area contributed by atoms with Crippen molar-refractivity contribution < 1.29 is 9.18 Å². The van der Waals surface area contributed by atoms with Crippen molar-refractivity contribution in [2.45, 2.75) is 18.7 Å². The summed E-state index contributed by atoms with van der Waals surface area (Å²) in [5, 5.41) is -0.425. The molecule has 0 fully saturated rings. The molecule has 4 heteroatoms. The number of carbonyl (C=O) groups is 1. The van der Waals surface area contributed by atoms with Crippen molar-refractivity contribution in [3.05, 3.63) is 64.5 Å². The summed E-state index contributed by atoms with van der Waals surface area (Å²) in [4.78, 5) is 13.4. The molecule has 1 unspecified atom stereocenters. The predicted octanol–water partition coefficient (Wildman–Crippen LogP) is 3.98. The first-order chi connectivity index (χ1) is 9.97. The van der Waals surface area contributed by atoms with Gasteiger partial charge in [0.25, 0.3) is 0 Å². The molecular formula is C17H15ClFNO. The van der Waals surface area contributed by atoms with E-state index >= 15 is 0 Å². The summed E-state index contributed by atoms with van der Waals surface area (Å²) >= 11 is 6.47. The van der Waals surface area contributed by atoms with E-state index in [-0.39, 0.29) is 11.7 Å². The highest BCUT2D eigenvalue weighted by Gasteiger charge is 2.25. The number of alkyl halides is 1. The molecule has 0 saturated heterocycles. The Morgan fingerprint density at radius 1 is 1.19 bits per heavy atom. The molecule has 1 aliphatic rings. The first kappa shape index (κ1) is 14.1. The minimum absolute atomic E-state index is 0.0784. The van der Waals surface area contributed by atoms with Crippen LogP contribution in [0.2, 0.25) is 0 Å². The summed E-state index contributed by atoms with van der Waals surface area (Å²) in [7, 11) is 1.77. The fourth-order valence-corrected chi connectivity index (χ4v) is 2.88. The molecule has 0 spiro atoms. The van der Waals surface area contributed by atoms with Crippen LogP contribution in [0.5, 0.6) is 0 Å². The van der Waals surface area contributed by atoms with Crippen LogP contribution in [0.25, 0.3) is 0 Å². The van der Waals surface area contributed by atoms with Gasteiger partial charge in [-0.1, -0.05) is 24.3 Å². The fourth-order valence-electron chi connectivity index (χ4n) is 2.61. The molecular weight excluding hydrogens is 289 g/mol. The lowest BCUT2D eigenvalue weighted by Gasteiger charge is -2.14. The topological polar surface area (TPSA) is 20.3 Å². The van der Waals surface area contributed by atoms with Gasteiger partial charge in [0.2, 0.25) is 5.91 Å². The van der Waals surface area contributed by atoms with Crippen LogP contribution in [0.4, 0.5) is 10.1 Å². The van der Waals surface area contributed by atoms with Gasteiger partial charge in [0.15, 0.2) is 0 Å². The summed E-state index contributed by atoms with van der Waals surface area (Å²) < 4.78 is 13.7. The zero-order valence-electron chi connectivity index (χ0n) is 11.9. The molecule has 2 aromatic carbocycles. The highest BCUT2D eigenvalue weighted by atomic mass is 35.5. The molecule has 1 atom stereocenters. The molecule has 21 heavy (non-hydrogen) atoms. The summed E-state index contributed by atoms with van der Waals surface area (Å²) in [6, 6.07) is 10.8. The van der Waals surface area contributed by atoms with E-state index < -0.39 is 5.38 Å². The van der Waals surface area contributed by atoms with E-state index in [1.807, 2.05) is 24.3 Å². The third-order valence-corrected chi connectivity index (χ3v) is 4.47. The van der Waals surface area contributed by atoms with Gasteiger partial charge < -0.3 is 4.90 Å². The molecule has 2 nitrogen and oxygen atoms in total. The summed E-state index contributed by atoms with van der Waals surface area (Å²) in [6.45, 7) is 1.72. The molecule has 2 aromatic rings. The maximum atomic E-state index is 13.7. The number of halogens is 2. The Hall–Kier alpha value is -1.87. The predicted molar refractivity (Wildman–Crippen MR) is 82.4 cm³/mol. The van der Waals surface area contributed by atoms with E-state index in [0.717, 1.165) is 22.4 Å². The van der Waals surface area contributed by atoms with Crippen molar-refractivity contribution in [3.63, 3.8) is 0 Å². The Morgan fingerprint density at radius 3 is 2.57 bits per heavy atom. The second kappa shape index (κ2) is 5.15. The number of hydrogen-bond acceptors (Lipinski definition) is 1. The number of likely N-dealkylation sites (N-methyl/N-ethyl adjacent to an activating group) is 1. The van der Waals surface area contributed by atoms with Crippen molar-refractivity contribution >= 4 is 23.2 Å². The van der Waals surface area contributed by atoms with Crippen molar-refractivity contribution in [2.75, 3.05) is 11.9 Å². The molecule has 1 amide bonds. The number of aryl methyl sites for hydroxylation is 1. The van der Waals surface area contributed by atoms with Gasteiger partial charge in [-0.25, -0.2) is 4.39 Å². The van der Waals surface area contributed by atoms with Gasteiger partial charge in [0, 0.05) is 12.7 Å². The number of amides is 1. The molecule has 1 heterocycles. The van der Waals surface area contributed by atoms with Gasteiger partial charge >= 0.3 is 0 Å². The quantitative estimate of drug-likeness (QED) is 0.768. The molecule has 108 valence electrons. The second-order valence-corrected chi connectivity index (χ2v) is 5.83. The largest absolute Gasteiger partial charge is 0.315 e. The zero-order valence-corrected chi connectivity index (χ0v) is 12.6. The van der Waals surface area contributed by atoms with Gasteiger partial charge in [0.1, 0.15) is 5.82 Å². The number of carbonyl (C=O) groups excluding carboxylic acids is 1. The van der Waals surface area contributed by atoms with E-state index in [1.54, 1.807) is 24.9 Å². The van der Waals surface area contributed by atoms with Crippen molar-refractivity contribution in [1.82, 2.24) is 0 Å². The first-order valence-corrected chi connectivity index (χ1v) is 7.20. The van der Waals surface area contributed by atoms with Crippen molar-refractivity contribution in [2.24, 2.45) is 0 Å². The minimum atomic E-state index is -0.425. The maximum Gasteiger partial charge on any atom is 0.231 e. The number of benzene rings is 2. The SMILES string of the molecule is Cc1ccc(C(Cl)c2ccc3c(c2)CC(=O)N3C)cc1F. The summed E-state index contributed by atoms with van der Waals surface area (Å²) in [6.07, 6.45) is 0.394. The molecule has 0 aliphatic carbocycles. The minimum Gasteiger partial charge on any atom is -0.315 e. The smallest absolute Gasteiger partial charge is 0.231 e. The lowest BCUT2D eigenvalue weighted by atomic mass is 10.00. The van der Waals surface area contributed by atoms with E-state index in [0.29, 0.717) is 12.0 Å². The summed E-state index contributed by atoms with van der Waals surface area (Å²) in [5.74, 6) is -0.177. The normalized spacial score (nSPS) is 15.2. The molecule has 0 radical (unpaired) electrons. The van der Waals surface area contributed by atoms with Crippen molar-refractivity contribution in [3.8, 4) is 0 Å². The van der Waals surface area contributed by atoms with Gasteiger partial charge in [-0.3, -0.25) is 4.79 Å². The van der Waals surface area contributed by atoms with Crippen molar-refractivity contribution in [1.29, 1.82) is 0 Å². The van der Waals surface area contributed by atoms with E-state index in [9.17, 15) is 9.18 Å². The van der Waals surface area contributed by atoms with Crippen LogP contribution in [0.1, 0.15) is 27.6 Å². The van der Waals surface area contributed by atoms with Crippen LogP contribution in [-0.2, 0) is 11.2 Å². The average molecular weight is 304 g/mol. The fraction of sp³-hybridized carbons (Fsp3) is 0.235. The number of rotatable bonds is 2. The highest BCUT2D eigenvalue weighted by Crippen LogP contribution is 2.35. The van der Waals surface area contributed by atoms with Crippen LogP contribution in [-0.4, -0.2) is 13.0 Å². The monoisotopic (exact) mass is 303 g/mol. The Kier molecular flexibility index (Phi) is 3.46. The van der Waals surface area contributed by atoms with Gasteiger partial charge in [0.05, 0.1) is 11.8 Å². The summed E-state index contributed by atoms with van der Waals surface area (Å²) in [5.41, 5.74) is 4.09. The third kappa shape index (κ3) is 2.42. The average Bonchev–Trinajstić information content (AvgIpc) is 2.76. The lowest BCUT2D eigenvalue weighted by molar-refractivity contribution is -0.117. The van der Waals surface area contributed by atoms with Crippen LogP contribution >= 0.6 is 11.6 Å². The van der Waals surface area contributed by atoms with Crippen LogP contribution < -0.4 is 4.90 Å². The first-order valence-electron chi connectivity index (χ1n) is 6.77. The lowest BCUT2D eigenvalue weighted by Crippen LogP contribution is -2.20. The van der Waals surface area contributed by atoms with E-state index in [2.05, 4.69) is 0 Å². The Bertz CT molecular complexity index is 729. The highest BCUT2D eigenvalue weighted by molar-refractivity contribution is 6.22. The molecule has 0 saturated carbocycles. The van der Waals surface area contributed by atoms with E-state index in [4.69, 9.17) is 11.6 Å². The Morgan fingerprint density at radius 2 is 1.86 bits per heavy atom. The number of hydrogen-bond donors (Lipinski definition) is 0. The van der Waals surface area contributed by atoms with Crippen LogP contribution in [0, 0.1) is 12.7 Å². The zero-order chi connectivity index (χ0) is 15.1.